The SMILES string of the molecule is O=C([O-])CCSC(c1ccccc1OCc1ccccc1)C(O)CSCC(=O)[O-].[Na+].[Na+]. The number of hydrogen-bond acceptors (Lipinski definition) is 8. The van der Waals surface area contributed by atoms with E-state index in [-0.39, 0.29) is 82.8 Å². The van der Waals surface area contributed by atoms with Gasteiger partial charge in [-0.15, -0.1) is 0 Å². The van der Waals surface area contributed by atoms with Gasteiger partial charge < -0.3 is 29.6 Å². The fraction of sp³-hybridized carbons (Fsp3) is 0.333. The molecule has 2 aromatic carbocycles. The molecule has 2 unspecified atom stereocenters. The molecule has 1 N–H and O–H groups in total. The first-order valence-electron chi connectivity index (χ1n) is 9.00. The van der Waals surface area contributed by atoms with Crippen molar-refractivity contribution in [3.63, 3.8) is 0 Å². The van der Waals surface area contributed by atoms with Crippen LogP contribution in [0.2, 0.25) is 0 Å². The molecule has 0 bridgehead atoms. The summed E-state index contributed by atoms with van der Waals surface area (Å²) in [6, 6.07) is 16.9. The molecule has 0 aliphatic carbocycles. The number of hydrogen-bond donors (Lipinski definition) is 1. The van der Waals surface area contributed by atoms with Gasteiger partial charge in [0.05, 0.1) is 17.3 Å². The summed E-state index contributed by atoms with van der Waals surface area (Å²) >= 11 is 2.33. The molecule has 0 saturated heterocycles. The van der Waals surface area contributed by atoms with Crippen molar-refractivity contribution in [1.82, 2.24) is 0 Å². The van der Waals surface area contributed by atoms with E-state index in [4.69, 9.17) is 4.74 Å². The van der Waals surface area contributed by atoms with Gasteiger partial charge in [-0.1, -0.05) is 48.5 Å². The van der Waals surface area contributed by atoms with Crippen molar-refractivity contribution in [3.05, 3.63) is 65.7 Å². The second-order valence-electron chi connectivity index (χ2n) is 6.18. The molecule has 156 valence electrons. The van der Waals surface area contributed by atoms with Crippen LogP contribution < -0.4 is 74.1 Å². The third kappa shape index (κ3) is 12.0. The molecule has 0 spiro atoms. The number of carboxylic acids is 2. The first-order valence-corrected chi connectivity index (χ1v) is 11.2. The van der Waals surface area contributed by atoms with Crippen molar-refractivity contribution in [2.45, 2.75) is 24.4 Å². The van der Waals surface area contributed by atoms with Crippen LogP contribution in [0.1, 0.15) is 22.8 Å². The molecule has 0 radical (unpaired) electrons. The van der Waals surface area contributed by atoms with Crippen molar-refractivity contribution in [2.75, 3.05) is 17.3 Å². The van der Waals surface area contributed by atoms with Gasteiger partial charge in [0.1, 0.15) is 12.4 Å². The summed E-state index contributed by atoms with van der Waals surface area (Å²) in [5, 5.41) is 31.6. The van der Waals surface area contributed by atoms with Crippen LogP contribution in [0.4, 0.5) is 0 Å². The number of benzene rings is 2. The number of aliphatic hydroxyl groups excluding tert-OH is 1. The maximum absolute atomic E-state index is 10.8. The van der Waals surface area contributed by atoms with Crippen LogP contribution in [0.15, 0.2) is 54.6 Å². The normalized spacial score (nSPS) is 12.0. The molecule has 2 aromatic rings. The summed E-state index contributed by atoms with van der Waals surface area (Å²) in [4.78, 5) is 21.4. The van der Waals surface area contributed by atoms with E-state index in [1.807, 2.05) is 48.5 Å². The van der Waals surface area contributed by atoms with E-state index in [0.717, 1.165) is 22.9 Å². The van der Waals surface area contributed by atoms with Crippen molar-refractivity contribution in [1.29, 1.82) is 0 Å². The predicted octanol–water partition coefficient (Wildman–Crippen LogP) is -4.97. The Hall–Kier alpha value is -0.160. The molecule has 2 rings (SSSR count). The first-order chi connectivity index (χ1) is 14.0. The maximum Gasteiger partial charge on any atom is 1.00 e. The Morgan fingerprint density at radius 1 is 0.968 bits per heavy atom. The zero-order chi connectivity index (χ0) is 21.1. The number of rotatable bonds is 13. The summed E-state index contributed by atoms with van der Waals surface area (Å²) in [6.07, 6.45) is -1.04. The molecule has 0 aliphatic heterocycles. The number of aliphatic hydroxyl groups is 1. The van der Waals surface area contributed by atoms with Crippen LogP contribution in [0.3, 0.4) is 0 Å². The zero-order valence-corrected chi connectivity index (χ0v) is 23.3. The quantitative estimate of drug-likeness (QED) is 0.284. The topological polar surface area (TPSA) is 110 Å². The molecule has 2 atom stereocenters. The van der Waals surface area contributed by atoms with Crippen LogP contribution in [0.5, 0.6) is 5.75 Å². The third-order valence-electron chi connectivity index (χ3n) is 3.92. The van der Waals surface area contributed by atoms with Gasteiger partial charge in [0, 0.05) is 23.0 Å². The minimum absolute atomic E-state index is 0. The minimum Gasteiger partial charge on any atom is -0.550 e. The zero-order valence-electron chi connectivity index (χ0n) is 17.7. The van der Waals surface area contributed by atoms with E-state index in [0.29, 0.717) is 12.4 Å². The van der Waals surface area contributed by atoms with Crippen LogP contribution >= 0.6 is 23.5 Å². The van der Waals surface area contributed by atoms with E-state index < -0.39 is 23.3 Å². The molecule has 6 nitrogen and oxygen atoms in total. The second kappa shape index (κ2) is 17.3. The van der Waals surface area contributed by atoms with Gasteiger partial charge in [0.15, 0.2) is 0 Å². The number of thioether (sulfide) groups is 2. The van der Waals surface area contributed by atoms with Gasteiger partial charge in [-0.25, -0.2) is 0 Å². The molecule has 0 saturated carbocycles. The van der Waals surface area contributed by atoms with Crippen LogP contribution in [-0.2, 0) is 16.2 Å². The Bertz CT molecular complexity index is 794. The van der Waals surface area contributed by atoms with Gasteiger partial charge in [0.2, 0.25) is 0 Å². The van der Waals surface area contributed by atoms with E-state index in [9.17, 15) is 24.9 Å². The van der Waals surface area contributed by atoms with E-state index in [2.05, 4.69) is 0 Å². The van der Waals surface area contributed by atoms with Crippen molar-refractivity contribution < 1.29 is 88.8 Å². The Morgan fingerprint density at radius 2 is 1.61 bits per heavy atom. The summed E-state index contributed by atoms with van der Waals surface area (Å²) in [5.74, 6) is -1.57. The van der Waals surface area contributed by atoms with E-state index in [1.54, 1.807) is 6.07 Å². The Balaban J connectivity index is 0.00000450. The Kier molecular flexibility index (Phi) is 17.2. The fourth-order valence-corrected chi connectivity index (χ4v) is 4.68. The van der Waals surface area contributed by atoms with Crippen molar-refractivity contribution in [2.24, 2.45) is 0 Å². The summed E-state index contributed by atoms with van der Waals surface area (Å²) in [7, 11) is 0. The first kappa shape index (κ1) is 30.8. The van der Waals surface area contributed by atoms with Gasteiger partial charge >= 0.3 is 59.1 Å². The smallest absolute Gasteiger partial charge is 0.550 e. The molecule has 31 heavy (non-hydrogen) atoms. The minimum atomic E-state index is -1.20. The number of carboxylic acid groups (broad SMARTS) is 2. The molecule has 0 fully saturated rings. The molecule has 0 aromatic heterocycles. The van der Waals surface area contributed by atoms with Gasteiger partial charge in [-0.05, 0) is 23.8 Å². The Morgan fingerprint density at radius 3 is 2.26 bits per heavy atom. The third-order valence-corrected chi connectivity index (χ3v) is 6.31. The number of carbonyl (C=O) groups excluding carboxylic acids is 2. The van der Waals surface area contributed by atoms with E-state index >= 15 is 0 Å². The molecular weight excluding hydrogens is 458 g/mol. The van der Waals surface area contributed by atoms with Crippen LogP contribution in [0, 0.1) is 0 Å². The predicted molar refractivity (Wildman–Crippen MR) is 110 cm³/mol. The number of carbonyl (C=O) groups is 2. The number of aliphatic carboxylic acids is 2. The second-order valence-corrected chi connectivity index (χ2v) is 8.46. The van der Waals surface area contributed by atoms with Gasteiger partial charge in [-0.3, -0.25) is 0 Å². The van der Waals surface area contributed by atoms with Crippen LogP contribution in [0.25, 0.3) is 0 Å². The van der Waals surface area contributed by atoms with Gasteiger partial charge in [0.25, 0.3) is 0 Å². The molecule has 0 heterocycles. The monoisotopic (exact) mass is 480 g/mol. The van der Waals surface area contributed by atoms with Crippen molar-refractivity contribution >= 4 is 35.5 Å². The summed E-state index contributed by atoms with van der Waals surface area (Å²) in [6.45, 7) is 0.351. The van der Waals surface area contributed by atoms with Crippen LogP contribution in [-0.4, -0.2) is 40.4 Å². The summed E-state index contributed by atoms with van der Waals surface area (Å²) < 4.78 is 5.96. The molecule has 10 heteroatoms. The molecule has 0 amide bonds. The standard InChI is InChI=1S/C21H24O6S2.2Na/c22-17(13-28-14-20(25)26)21(29-11-10-19(23)24)16-8-4-5-9-18(16)27-12-15-6-2-1-3-7-15;;/h1-9,17,21-22H,10-14H2,(H,23,24)(H,25,26);;/q;2*+1/p-2. The molecule has 0 aliphatic rings. The Labute approximate surface area is 235 Å². The van der Waals surface area contributed by atoms with Crippen molar-refractivity contribution in [3.8, 4) is 5.75 Å². The summed E-state index contributed by atoms with van der Waals surface area (Å²) in [5.41, 5.74) is 1.72. The van der Waals surface area contributed by atoms with E-state index in [1.165, 1.54) is 11.8 Å². The average molecular weight is 481 g/mol. The number of para-hydroxylation sites is 1. The number of ether oxygens (including phenoxy) is 1. The van der Waals surface area contributed by atoms with Gasteiger partial charge in [-0.2, -0.15) is 23.5 Å². The average Bonchev–Trinajstić information content (AvgIpc) is 2.70. The maximum atomic E-state index is 10.8. The fourth-order valence-electron chi connectivity index (χ4n) is 2.61. The largest absolute Gasteiger partial charge is 1.00 e. The molecular formula is C21H22Na2O6S2.